The van der Waals surface area contributed by atoms with Crippen LogP contribution < -0.4 is 15.8 Å². The molecule has 1 aromatic carbocycles. The summed E-state index contributed by atoms with van der Waals surface area (Å²) in [6.45, 7) is 6.19. The Kier molecular flexibility index (Phi) is 15.0. The summed E-state index contributed by atoms with van der Waals surface area (Å²) in [5, 5.41) is 5.17. The summed E-state index contributed by atoms with van der Waals surface area (Å²) in [5.74, 6) is 3.48. The van der Waals surface area contributed by atoms with Crippen LogP contribution in [0.3, 0.4) is 0 Å². The molecular weight excluding hydrogens is 540 g/mol. The van der Waals surface area contributed by atoms with Crippen molar-refractivity contribution in [2.75, 3.05) is 36.6 Å². The number of benzene rings is 1. The minimum Gasteiger partial charge on any atom is -0.492 e. The molecule has 1 saturated heterocycles. The predicted octanol–water partition coefficient (Wildman–Crippen LogP) is 7.08. The third-order valence-electron chi connectivity index (χ3n) is 6.41. The number of ether oxygens (including phenoxy) is 1. The third-order valence-corrected chi connectivity index (χ3v) is 8.73. The number of thioether (sulfide) groups is 1. The molecular formula is C27H43BrN4OS2. The van der Waals surface area contributed by atoms with E-state index in [1.54, 1.807) is 11.8 Å². The number of anilines is 1. The summed E-state index contributed by atoms with van der Waals surface area (Å²) in [4.78, 5) is 6.66. The van der Waals surface area contributed by atoms with E-state index in [0.29, 0.717) is 16.3 Å². The molecule has 1 heterocycles. The largest absolute Gasteiger partial charge is 0.492 e. The number of amidine groups is 1. The molecule has 1 saturated carbocycles. The second kappa shape index (κ2) is 17.4. The van der Waals surface area contributed by atoms with E-state index >= 15 is 0 Å². The summed E-state index contributed by atoms with van der Waals surface area (Å²) >= 11 is 10.3. The molecule has 0 bridgehead atoms. The Bertz CT molecular complexity index is 797. The Morgan fingerprint density at radius 1 is 1.29 bits per heavy atom. The van der Waals surface area contributed by atoms with Gasteiger partial charge < -0.3 is 20.7 Å². The van der Waals surface area contributed by atoms with Gasteiger partial charge in [-0.2, -0.15) is 4.99 Å². The van der Waals surface area contributed by atoms with E-state index in [2.05, 4.69) is 64.2 Å². The molecule has 3 rings (SSSR count). The summed E-state index contributed by atoms with van der Waals surface area (Å²) in [6, 6.07) is 8.35. The molecule has 2 aliphatic rings. The molecule has 1 aromatic rings. The van der Waals surface area contributed by atoms with Crippen molar-refractivity contribution in [2.24, 2.45) is 22.6 Å². The van der Waals surface area contributed by atoms with Gasteiger partial charge in [-0.15, -0.1) is 0 Å². The lowest BCUT2D eigenvalue weighted by molar-refractivity contribution is 0.198. The average molecular weight is 584 g/mol. The molecule has 5 nitrogen and oxygen atoms in total. The van der Waals surface area contributed by atoms with Crippen LogP contribution in [0.2, 0.25) is 0 Å². The number of likely N-dealkylation sites (N-methyl/N-ethyl adjacent to an activating group) is 1. The van der Waals surface area contributed by atoms with Crippen LogP contribution in [0.5, 0.6) is 5.75 Å². The van der Waals surface area contributed by atoms with E-state index in [9.17, 15) is 0 Å². The number of hydrogen-bond acceptors (Lipinski definition) is 4. The lowest BCUT2D eigenvalue weighted by Gasteiger charge is -2.19. The van der Waals surface area contributed by atoms with Crippen LogP contribution in [0, 0.1) is 11.8 Å². The van der Waals surface area contributed by atoms with E-state index in [0.717, 1.165) is 47.5 Å². The van der Waals surface area contributed by atoms with Crippen molar-refractivity contribution < 1.29 is 4.74 Å². The summed E-state index contributed by atoms with van der Waals surface area (Å²) in [6.07, 6.45) is 13.3. The number of thiocarbonyl (C=S) groups is 1. The maximum absolute atomic E-state index is 6.00. The van der Waals surface area contributed by atoms with Gasteiger partial charge in [0.25, 0.3) is 0 Å². The summed E-state index contributed by atoms with van der Waals surface area (Å²) in [7, 11) is 2.16. The number of nitrogens with two attached hydrogens (primary N) is 1. The van der Waals surface area contributed by atoms with Crippen LogP contribution >= 0.6 is 39.9 Å². The van der Waals surface area contributed by atoms with Crippen molar-refractivity contribution >= 4 is 55.9 Å². The first kappa shape index (κ1) is 30.1. The number of hydrogen-bond donors (Lipinski definition) is 2. The number of alkyl halides is 1. The molecule has 196 valence electrons. The van der Waals surface area contributed by atoms with Crippen LogP contribution in [-0.2, 0) is 0 Å². The quantitative estimate of drug-likeness (QED) is 0.107. The number of aliphatic imine (C=N–C) groups is 1. The van der Waals surface area contributed by atoms with Gasteiger partial charge in [-0.3, -0.25) is 0 Å². The lowest BCUT2D eigenvalue weighted by atomic mass is 10.1. The average Bonchev–Trinajstić information content (AvgIpc) is 3.52. The molecule has 8 heteroatoms. The number of allylic oxidation sites excluding steroid dienone is 2. The Hall–Kier alpha value is -1.09. The maximum Gasteiger partial charge on any atom is 0.199 e. The summed E-state index contributed by atoms with van der Waals surface area (Å²) in [5.41, 5.74) is 6.89. The molecule has 1 aliphatic heterocycles. The first-order valence-electron chi connectivity index (χ1n) is 12.8. The van der Waals surface area contributed by atoms with Crippen molar-refractivity contribution in [2.45, 2.75) is 64.8 Å². The highest BCUT2D eigenvalue weighted by molar-refractivity contribution is 9.09. The smallest absolute Gasteiger partial charge is 0.199 e. The van der Waals surface area contributed by atoms with Crippen molar-refractivity contribution in [3.63, 3.8) is 0 Å². The molecule has 2 unspecified atom stereocenters. The van der Waals surface area contributed by atoms with Gasteiger partial charge >= 0.3 is 0 Å². The highest BCUT2D eigenvalue weighted by Gasteiger charge is 2.21. The first-order chi connectivity index (χ1) is 16.9. The van der Waals surface area contributed by atoms with E-state index < -0.39 is 0 Å². The zero-order valence-electron chi connectivity index (χ0n) is 21.5. The monoisotopic (exact) mass is 582 g/mol. The zero-order chi connectivity index (χ0) is 25.5. The highest BCUT2D eigenvalue weighted by Crippen LogP contribution is 2.27. The van der Waals surface area contributed by atoms with E-state index in [4.69, 9.17) is 22.7 Å². The molecule has 3 N–H and O–H groups in total. The molecule has 0 aromatic heterocycles. The highest BCUT2D eigenvalue weighted by atomic mass is 79.9. The third kappa shape index (κ3) is 12.6. The van der Waals surface area contributed by atoms with Gasteiger partial charge in [0.2, 0.25) is 0 Å². The second-order valence-electron chi connectivity index (χ2n) is 9.52. The van der Waals surface area contributed by atoms with Crippen LogP contribution in [0.4, 0.5) is 5.69 Å². The molecule has 0 radical (unpaired) electrons. The Labute approximate surface area is 230 Å². The van der Waals surface area contributed by atoms with Gasteiger partial charge in [0.1, 0.15) is 12.4 Å². The van der Waals surface area contributed by atoms with Gasteiger partial charge in [-0.05, 0) is 101 Å². The number of rotatable bonds is 9. The second-order valence-corrected chi connectivity index (χ2v) is 11.6. The number of nitrogens with zero attached hydrogens (tertiary/aromatic N) is 2. The van der Waals surface area contributed by atoms with E-state index in [1.807, 2.05) is 24.3 Å². The van der Waals surface area contributed by atoms with Crippen LogP contribution in [-0.4, -0.2) is 52.5 Å². The molecule has 2 atom stereocenters. The normalized spacial score (nSPS) is 20.0. The number of halogens is 1. The van der Waals surface area contributed by atoms with Gasteiger partial charge in [0, 0.05) is 22.8 Å². The molecule has 1 aliphatic carbocycles. The van der Waals surface area contributed by atoms with Crippen molar-refractivity contribution in [1.29, 1.82) is 0 Å². The minimum absolute atomic E-state index is 0.396. The van der Waals surface area contributed by atoms with Crippen molar-refractivity contribution in [3.05, 3.63) is 36.4 Å². The summed E-state index contributed by atoms with van der Waals surface area (Å²) < 4.78 is 5.91. The fraction of sp³-hybridized carbons (Fsp3) is 0.630. The predicted molar refractivity (Wildman–Crippen MR) is 162 cm³/mol. The van der Waals surface area contributed by atoms with Gasteiger partial charge in [-0.1, -0.05) is 59.6 Å². The zero-order valence-corrected chi connectivity index (χ0v) is 24.8. The minimum atomic E-state index is 0.396. The maximum atomic E-state index is 6.00. The standard InChI is InChI=1S/C20H30N4OS2.C7H13Br/c1-24-12-4-7-17(24)13-25-18-10-8-16(9-11-18)22-20(26)23-19(21)27-14-15-5-2-3-6-15;1-3-4-5-7(2)6-8/h8-11,15,17H,2-7,12-14H2,1H3,(H3,21,22,23,26);3-4,7H,5-6H2,1-2H3/b;4-3-. The van der Waals surface area contributed by atoms with Crippen LogP contribution in [0.1, 0.15) is 58.8 Å². The van der Waals surface area contributed by atoms with Crippen LogP contribution in [0.25, 0.3) is 0 Å². The van der Waals surface area contributed by atoms with E-state index in [1.165, 1.54) is 44.9 Å². The van der Waals surface area contributed by atoms with Crippen LogP contribution in [0.15, 0.2) is 41.4 Å². The Morgan fingerprint density at radius 2 is 2.00 bits per heavy atom. The Morgan fingerprint density at radius 3 is 2.60 bits per heavy atom. The Balaban J connectivity index is 0.000000466. The van der Waals surface area contributed by atoms with Gasteiger partial charge in [0.15, 0.2) is 10.3 Å². The molecule has 0 spiro atoms. The molecule has 2 fully saturated rings. The molecule has 0 amide bonds. The van der Waals surface area contributed by atoms with Crippen molar-refractivity contribution in [1.82, 2.24) is 4.90 Å². The SMILES string of the molecule is C/C=C\CC(C)CBr.CN1CCCC1COc1ccc(NC(=S)/N=C(\N)SCC2CCCC2)cc1. The van der Waals surface area contributed by atoms with E-state index in [-0.39, 0.29) is 0 Å². The van der Waals surface area contributed by atoms with Crippen molar-refractivity contribution in [3.8, 4) is 5.75 Å². The fourth-order valence-corrected chi connectivity index (χ4v) is 5.55. The topological polar surface area (TPSA) is 62.9 Å². The first-order valence-corrected chi connectivity index (χ1v) is 15.3. The lowest BCUT2D eigenvalue weighted by Crippen LogP contribution is -2.30. The number of nitrogens with one attached hydrogen (secondary N) is 1. The fourth-order valence-electron chi connectivity index (χ4n) is 4.11. The van der Waals surface area contributed by atoms with Gasteiger partial charge in [0.05, 0.1) is 0 Å². The molecule has 35 heavy (non-hydrogen) atoms. The van der Waals surface area contributed by atoms with Gasteiger partial charge in [-0.25, -0.2) is 0 Å². The number of likely N-dealkylation sites (tertiary alicyclic amines) is 1.